The lowest BCUT2D eigenvalue weighted by Gasteiger charge is -2.04. The zero-order valence-corrected chi connectivity index (χ0v) is 11.7. The van der Waals surface area contributed by atoms with Crippen molar-refractivity contribution in [2.45, 2.75) is 39.2 Å². The maximum atomic E-state index is 5.68. The molecule has 0 amide bonds. The Kier molecular flexibility index (Phi) is 5.27. The molecular weight excluding hydrogens is 244 g/mol. The van der Waals surface area contributed by atoms with Crippen LogP contribution < -0.4 is 4.74 Å². The van der Waals surface area contributed by atoms with Crippen LogP contribution in [0.1, 0.15) is 31.2 Å². The first kappa shape index (κ1) is 13.1. The summed E-state index contributed by atoms with van der Waals surface area (Å²) >= 11 is 1.68. The first-order chi connectivity index (χ1) is 8.84. The minimum Gasteiger partial charge on any atom is -0.484 e. The number of rotatable bonds is 8. The number of ether oxygens (including phenoxy) is 1. The van der Waals surface area contributed by atoms with Gasteiger partial charge in [0.1, 0.15) is 0 Å². The highest BCUT2D eigenvalue weighted by Crippen LogP contribution is 2.22. The van der Waals surface area contributed by atoms with E-state index in [0.29, 0.717) is 0 Å². The molecule has 2 aromatic rings. The molecule has 0 spiro atoms. The first-order valence-electron chi connectivity index (χ1n) is 6.48. The van der Waals surface area contributed by atoms with Crippen molar-refractivity contribution in [1.82, 2.24) is 9.55 Å². The summed E-state index contributed by atoms with van der Waals surface area (Å²) in [5, 5.41) is 3.17. The van der Waals surface area contributed by atoms with Crippen molar-refractivity contribution in [2.75, 3.05) is 6.61 Å². The molecule has 0 radical (unpaired) electrons. The van der Waals surface area contributed by atoms with Gasteiger partial charge < -0.3 is 9.30 Å². The van der Waals surface area contributed by atoms with E-state index >= 15 is 0 Å². The summed E-state index contributed by atoms with van der Waals surface area (Å²) in [4.78, 5) is 4.03. The van der Waals surface area contributed by atoms with Crippen LogP contribution in [0.25, 0.3) is 0 Å². The normalized spacial score (nSPS) is 10.7. The monoisotopic (exact) mass is 264 g/mol. The molecule has 0 saturated heterocycles. The lowest BCUT2D eigenvalue weighted by molar-refractivity contribution is 0.312. The number of nitrogens with zero attached hydrogens (tertiary/aromatic N) is 2. The van der Waals surface area contributed by atoms with Crippen molar-refractivity contribution in [3.05, 3.63) is 35.7 Å². The molecule has 0 saturated carbocycles. The highest BCUT2D eigenvalue weighted by molar-refractivity contribution is 7.11. The molecule has 0 aliphatic carbocycles. The summed E-state index contributed by atoms with van der Waals surface area (Å²) < 4.78 is 7.81. The Morgan fingerprint density at radius 1 is 1.28 bits per heavy atom. The molecule has 0 aliphatic rings. The molecule has 2 aromatic heterocycles. The van der Waals surface area contributed by atoms with E-state index in [0.717, 1.165) is 24.6 Å². The van der Waals surface area contributed by atoms with Crippen LogP contribution in [0.2, 0.25) is 0 Å². The molecule has 0 aliphatic heterocycles. The molecule has 0 fully saturated rings. The Hall–Kier alpha value is -1.29. The quantitative estimate of drug-likeness (QED) is 0.676. The molecular formula is C14H20N2OS. The second-order valence-electron chi connectivity index (χ2n) is 4.51. The average Bonchev–Trinajstić information content (AvgIpc) is 3.00. The summed E-state index contributed by atoms with van der Waals surface area (Å²) in [6, 6.07) is 2.10. The van der Waals surface area contributed by atoms with Crippen LogP contribution >= 0.6 is 11.3 Å². The highest BCUT2D eigenvalue weighted by Gasteiger charge is 1.97. The third-order valence-electron chi connectivity index (χ3n) is 2.82. The third kappa shape index (κ3) is 4.53. The molecule has 3 nitrogen and oxygen atoms in total. The standard InChI is InChI=1S/C14H20N2OS/c1-13-10-14(18-11-13)17-9-5-3-2-4-7-16-8-6-15-12-16/h6,8,10-12H,2-5,7,9H2,1H3. The van der Waals surface area contributed by atoms with Gasteiger partial charge in [-0.25, -0.2) is 4.98 Å². The van der Waals surface area contributed by atoms with Crippen molar-refractivity contribution in [2.24, 2.45) is 0 Å². The molecule has 0 atom stereocenters. The molecule has 98 valence electrons. The van der Waals surface area contributed by atoms with E-state index in [1.54, 1.807) is 11.3 Å². The predicted octanol–water partition coefficient (Wildman–Crippen LogP) is 3.89. The van der Waals surface area contributed by atoms with Crippen molar-refractivity contribution in [1.29, 1.82) is 0 Å². The molecule has 0 bridgehead atoms. The van der Waals surface area contributed by atoms with Gasteiger partial charge in [0.25, 0.3) is 0 Å². The van der Waals surface area contributed by atoms with Gasteiger partial charge in [0.05, 0.1) is 12.9 Å². The summed E-state index contributed by atoms with van der Waals surface area (Å²) in [6.07, 6.45) is 10.6. The topological polar surface area (TPSA) is 27.1 Å². The van der Waals surface area contributed by atoms with E-state index < -0.39 is 0 Å². The Bertz CT molecular complexity index is 436. The van der Waals surface area contributed by atoms with Crippen molar-refractivity contribution < 1.29 is 4.74 Å². The maximum absolute atomic E-state index is 5.68. The van der Waals surface area contributed by atoms with Crippen LogP contribution in [-0.4, -0.2) is 16.2 Å². The fraction of sp³-hybridized carbons (Fsp3) is 0.500. The van der Waals surface area contributed by atoms with E-state index in [1.165, 1.54) is 24.8 Å². The second-order valence-corrected chi connectivity index (χ2v) is 5.38. The average molecular weight is 264 g/mol. The Balaban J connectivity index is 1.46. The highest BCUT2D eigenvalue weighted by atomic mass is 32.1. The van der Waals surface area contributed by atoms with E-state index in [4.69, 9.17) is 4.74 Å². The van der Waals surface area contributed by atoms with Crippen LogP contribution in [-0.2, 0) is 6.54 Å². The molecule has 2 rings (SSSR count). The van der Waals surface area contributed by atoms with E-state index in [1.807, 2.05) is 18.7 Å². The van der Waals surface area contributed by atoms with Crippen LogP contribution in [0.5, 0.6) is 5.06 Å². The maximum Gasteiger partial charge on any atom is 0.173 e. The molecule has 0 aromatic carbocycles. The van der Waals surface area contributed by atoms with Gasteiger partial charge in [-0.15, -0.1) is 11.3 Å². The van der Waals surface area contributed by atoms with Crippen LogP contribution in [0.3, 0.4) is 0 Å². The summed E-state index contributed by atoms with van der Waals surface area (Å²) in [6.45, 7) is 4.01. The molecule has 0 N–H and O–H groups in total. The zero-order chi connectivity index (χ0) is 12.6. The Morgan fingerprint density at radius 2 is 2.17 bits per heavy atom. The SMILES string of the molecule is Cc1csc(OCCCCCCn2ccnc2)c1. The second kappa shape index (κ2) is 7.21. The van der Waals surface area contributed by atoms with Gasteiger partial charge in [-0.1, -0.05) is 12.8 Å². The first-order valence-corrected chi connectivity index (χ1v) is 7.36. The smallest absolute Gasteiger partial charge is 0.173 e. The van der Waals surface area contributed by atoms with Crippen LogP contribution in [0, 0.1) is 6.92 Å². The Labute approximate surface area is 112 Å². The lowest BCUT2D eigenvalue weighted by Crippen LogP contribution is -1.97. The van der Waals surface area contributed by atoms with Crippen molar-refractivity contribution in [3.63, 3.8) is 0 Å². The number of hydrogen-bond donors (Lipinski definition) is 0. The minimum atomic E-state index is 0.838. The largest absolute Gasteiger partial charge is 0.484 e. The summed E-state index contributed by atoms with van der Waals surface area (Å²) in [5.74, 6) is 0. The molecule has 2 heterocycles. The summed E-state index contributed by atoms with van der Waals surface area (Å²) in [5.41, 5.74) is 1.29. The summed E-state index contributed by atoms with van der Waals surface area (Å²) in [7, 11) is 0. The number of aryl methyl sites for hydroxylation is 2. The van der Waals surface area contributed by atoms with Gasteiger partial charge in [0.2, 0.25) is 0 Å². The number of aromatic nitrogens is 2. The molecule has 18 heavy (non-hydrogen) atoms. The number of thiophene rings is 1. The van der Waals surface area contributed by atoms with Crippen LogP contribution in [0.4, 0.5) is 0 Å². The fourth-order valence-corrected chi connectivity index (χ4v) is 2.60. The number of unbranched alkanes of at least 4 members (excludes halogenated alkanes) is 3. The van der Waals surface area contributed by atoms with Gasteiger partial charge in [-0.3, -0.25) is 0 Å². The minimum absolute atomic E-state index is 0.838. The van der Waals surface area contributed by atoms with E-state index in [2.05, 4.69) is 27.9 Å². The van der Waals surface area contributed by atoms with Gasteiger partial charge in [-0.2, -0.15) is 0 Å². The zero-order valence-electron chi connectivity index (χ0n) is 10.8. The third-order valence-corrected chi connectivity index (χ3v) is 3.78. The number of imidazole rings is 1. The fourth-order valence-electron chi connectivity index (χ4n) is 1.82. The van der Waals surface area contributed by atoms with Crippen LogP contribution in [0.15, 0.2) is 30.2 Å². The lowest BCUT2D eigenvalue weighted by atomic mass is 10.2. The van der Waals surface area contributed by atoms with Crippen molar-refractivity contribution in [3.8, 4) is 5.06 Å². The van der Waals surface area contributed by atoms with Gasteiger partial charge >= 0.3 is 0 Å². The Morgan fingerprint density at radius 3 is 2.89 bits per heavy atom. The van der Waals surface area contributed by atoms with E-state index in [-0.39, 0.29) is 0 Å². The van der Waals surface area contributed by atoms with Gasteiger partial charge in [0.15, 0.2) is 5.06 Å². The van der Waals surface area contributed by atoms with E-state index in [9.17, 15) is 0 Å². The van der Waals surface area contributed by atoms with Gasteiger partial charge in [0, 0.05) is 18.9 Å². The number of hydrogen-bond acceptors (Lipinski definition) is 3. The molecule has 4 heteroatoms. The van der Waals surface area contributed by atoms with Crippen molar-refractivity contribution >= 4 is 11.3 Å². The predicted molar refractivity (Wildman–Crippen MR) is 75.2 cm³/mol. The molecule has 0 unspecified atom stereocenters. The van der Waals surface area contributed by atoms with Gasteiger partial charge in [-0.05, 0) is 36.8 Å².